The standard InChI is InChI=1S/C21H18F4N6O2/c1-11-9-14(10-12(2)31(11)33)16-17(13-3-5-15(22)6-4-13)27-19(26)30-18(16)28-29(20(30)32)8-7-21(23,24)25/h3-6,9-10,26,33H,7-8H2,1-2H3/p+1. The van der Waals surface area contributed by atoms with Gasteiger partial charge in [-0.25, -0.2) is 23.3 Å². The Balaban J connectivity index is 2.06. The molecule has 0 unspecified atom stereocenters. The molecule has 8 nitrogen and oxygen atoms in total. The number of rotatable bonds is 4. The third-order valence-electron chi connectivity index (χ3n) is 5.17. The first-order chi connectivity index (χ1) is 15.5. The van der Waals surface area contributed by atoms with E-state index in [4.69, 9.17) is 5.73 Å². The number of hydrogen-bond donors (Lipinski definition) is 2. The molecule has 0 spiro atoms. The van der Waals surface area contributed by atoms with Gasteiger partial charge in [0.05, 0.1) is 24.2 Å². The molecule has 1 aromatic carbocycles. The summed E-state index contributed by atoms with van der Waals surface area (Å²) in [6.45, 7) is 2.59. The molecule has 0 saturated heterocycles. The number of hydrogen-bond acceptors (Lipinski definition) is 5. The Morgan fingerprint density at radius 1 is 1.09 bits per heavy atom. The topological polar surface area (TPSA) is 102 Å². The highest BCUT2D eigenvalue weighted by molar-refractivity contribution is 5.90. The summed E-state index contributed by atoms with van der Waals surface area (Å²) in [5.41, 5.74) is 7.51. The van der Waals surface area contributed by atoms with Crippen LogP contribution in [0.4, 0.5) is 23.5 Å². The van der Waals surface area contributed by atoms with Crippen LogP contribution in [-0.4, -0.2) is 30.5 Å². The number of halogens is 4. The van der Waals surface area contributed by atoms with Crippen molar-refractivity contribution in [2.24, 2.45) is 0 Å². The van der Waals surface area contributed by atoms with Gasteiger partial charge in [0.25, 0.3) is 0 Å². The summed E-state index contributed by atoms with van der Waals surface area (Å²) < 4.78 is 54.4. The van der Waals surface area contributed by atoms with E-state index >= 15 is 0 Å². The first-order valence-electron chi connectivity index (χ1n) is 9.81. The molecule has 0 aliphatic heterocycles. The molecule has 3 heterocycles. The molecule has 0 atom stereocenters. The number of benzene rings is 1. The molecule has 172 valence electrons. The number of fused-ring (bicyclic) bond motifs is 1. The second-order valence-electron chi connectivity index (χ2n) is 7.57. The van der Waals surface area contributed by atoms with Crippen molar-refractivity contribution in [1.82, 2.24) is 19.2 Å². The van der Waals surface area contributed by atoms with Crippen LogP contribution in [-0.2, 0) is 6.54 Å². The van der Waals surface area contributed by atoms with Crippen LogP contribution in [0.2, 0.25) is 0 Å². The highest BCUT2D eigenvalue weighted by Gasteiger charge is 2.29. The summed E-state index contributed by atoms with van der Waals surface area (Å²) in [6, 6.07) is 8.57. The Hall–Kier alpha value is -3.96. The van der Waals surface area contributed by atoms with E-state index in [1.807, 2.05) is 0 Å². The predicted octanol–water partition coefficient (Wildman–Crippen LogP) is 3.04. The zero-order valence-corrected chi connectivity index (χ0v) is 17.6. The van der Waals surface area contributed by atoms with E-state index < -0.39 is 30.6 Å². The van der Waals surface area contributed by atoms with Gasteiger partial charge in [0, 0.05) is 41.8 Å². The smallest absolute Gasteiger partial charge is 0.369 e. The number of nitrogen functional groups attached to an aromatic ring is 1. The predicted molar refractivity (Wildman–Crippen MR) is 110 cm³/mol. The summed E-state index contributed by atoms with van der Waals surface area (Å²) in [5, 5.41) is 14.2. The van der Waals surface area contributed by atoms with Gasteiger partial charge in [-0.15, -0.1) is 5.10 Å². The zero-order valence-electron chi connectivity index (χ0n) is 17.6. The average molecular weight is 463 g/mol. The van der Waals surface area contributed by atoms with Gasteiger partial charge >= 0.3 is 11.9 Å². The zero-order chi connectivity index (χ0) is 24.1. The molecule has 0 amide bonds. The highest BCUT2D eigenvalue weighted by Crippen LogP contribution is 2.35. The lowest BCUT2D eigenvalue weighted by Crippen LogP contribution is -2.37. The third kappa shape index (κ3) is 4.11. The van der Waals surface area contributed by atoms with Crippen LogP contribution in [0.5, 0.6) is 0 Å². The minimum atomic E-state index is -4.48. The van der Waals surface area contributed by atoms with Crippen LogP contribution < -0.4 is 16.2 Å². The van der Waals surface area contributed by atoms with Gasteiger partial charge in [-0.3, -0.25) is 5.21 Å². The van der Waals surface area contributed by atoms with Crippen molar-refractivity contribution in [3.05, 3.63) is 64.1 Å². The molecule has 0 radical (unpaired) electrons. The van der Waals surface area contributed by atoms with Crippen molar-refractivity contribution in [1.29, 1.82) is 0 Å². The second kappa shape index (κ2) is 7.87. The Kier molecular flexibility index (Phi) is 5.30. The maximum atomic E-state index is 13.5. The molecule has 12 heteroatoms. The monoisotopic (exact) mass is 463 g/mol. The Bertz CT molecular complexity index is 1400. The summed E-state index contributed by atoms with van der Waals surface area (Å²) in [7, 11) is 0. The minimum absolute atomic E-state index is 0.0107. The molecule has 0 fully saturated rings. The molecular formula is C21H19F4N6O2+. The maximum absolute atomic E-state index is 13.5. The number of nitrogens with zero attached hydrogens (tertiary/aromatic N) is 5. The van der Waals surface area contributed by atoms with E-state index in [0.717, 1.165) is 9.13 Å². The highest BCUT2D eigenvalue weighted by atomic mass is 19.4. The van der Waals surface area contributed by atoms with E-state index in [1.54, 1.807) is 26.0 Å². The summed E-state index contributed by atoms with van der Waals surface area (Å²) >= 11 is 0. The van der Waals surface area contributed by atoms with E-state index in [2.05, 4.69) is 10.1 Å². The molecule has 0 bridgehead atoms. The summed E-state index contributed by atoms with van der Waals surface area (Å²) in [5.74, 6) is -0.757. The van der Waals surface area contributed by atoms with Crippen LogP contribution in [0.25, 0.3) is 28.0 Å². The van der Waals surface area contributed by atoms with Gasteiger partial charge in [0.15, 0.2) is 5.65 Å². The molecule has 3 aromatic heterocycles. The van der Waals surface area contributed by atoms with E-state index in [9.17, 15) is 27.6 Å². The minimum Gasteiger partial charge on any atom is -0.369 e. The first-order valence-corrected chi connectivity index (χ1v) is 9.81. The van der Waals surface area contributed by atoms with Crippen LogP contribution >= 0.6 is 0 Å². The second-order valence-corrected chi connectivity index (χ2v) is 7.57. The molecule has 33 heavy (non-hydrogen) atoms. The number of pyridine rings is 1. The number of anilines is 1. The van der Waals surface area contributed by atoms with Gasteiger partial charge in [-0.2, -0.15) is 13.2 Å². The Labute approximate surface area is 184 Å². The fourth-order valence-corrected chi connectivity index (χ4v) is 3.60. The summed E-state index contributed by atoms with van der Waals surface area (Å²) in [6.07, 6.45) is -5.73. The Morgan fingerprint density at radius 2 is 1.70 bits per heavy atom. The molecule has 4 aromatic rings. The van der Waals surface area contributed by atoms with Crippen molar-refractivity contribution in [3.63, 3.8) is 0 Å². The lowest BCUT2D eigenvalue weighted by Gasteiger charge is -2.12. The Morgan fingerprint density at radius 3 is 2.27 bits per heavy atom. The molecule has 0 saturated carbocycles. The number of aromatic nitrogens is 5. The SMILES string of the molecule is Cc1cc(-c2c(-c3ccc(F)cc3)nc(N)n3c(=O)n(CCC(F)(F)F)nc23)cc(C)[n+]1O. The largest absolute Gasteiger partial charge is 0.390 e. The van der Waals surface area contributed by atoms with Crippen LogP contribution in [0.15, 0.2) is 41.2 Å². The molecule has 3 N–H and O–H groups in total. The van der Waals surface area contributed by atoms with Crippen LogP contribution in [0, 0.1) is 19.7 Å². The number of nitrogens with two attached hydrogens (primary N) is 1. The van der Waals surface area contributed by atoms with E-state index in [0.29, 0.717) is 32.8 Å². The average Bonchev–Trinajstić information content (AvgIpc) is 3.07. The van der Waals surface area contributed by atoms with Crippen molar-refractivity contribution in [3.8, 4) is 22.4 Å². The van der Waals surface area contributed by atoms with Gasteiger partial charge < -0.3 is 5.73 Å². The molecular weight excluding hydrogens is 444 g/mol. The number of aryl methyl sites for hydroxylation is 3. The van der Waals surface area contributed by atoms with Crippen LogP contribution in [0.3, 0.4) is 0 Å². The maximum Gasteiger partial charge on any atom is 0.390 e. The summed E-state index contributed by atoms with van der Waals surface area (Å²) in [4.78, 5) is 17.1. The number of alkyl halides is 3. The van der Waals surface area contributed by atoms with Gasteiger partial charge in [-0.1, -0.05) is 0 Å². The quantitative estimate of drug-likeness (QED) is 0.275. The molecule has 0 aliphatic rings. The van der Waals surface area contributed by atoms with Crippen LogP contribution in [0.1, 0.15) is 17.8 Å². The van der Waals surface area contributed by atoms with E-state index in [-0.39, 0.29) is 17.3 Å². The van der Waals surface area contributed by atoms with Crippen molar-refractivity contribution < 1.29 is 27.5 Å². The lowest BCUT2D eigenvalue weighted by atomic mass is 9.99. The fraction of sp³-hybridized carbons (Fsp3) is 0.238. The van der Waals surface area contributed by atoms with Crippen molar-refractivity contribution in [2.75, 3.05) is 5.73 Å². The van der Waals surface area contributed by atoms with Gasteiger partial charge in [0.1, 0.15) is 5.82 Å². The lowest BCUT2D eigenvalue weighted by molar-refractivity contribution is -0.912. The van der Waals surface area contributed by atoms with Gasteiger partial charge in [-0.05, 0) is 24.3 Å². The van der Waals surface area contributed by atoms with E-state index in [1.165, 1.54) is 24.3 Å². The molecule has 4 rings (SSSR count). The van der Waals surface area contributed by atoms with Gasteiger partial charge in [0.2, 0.25) is 17.3 Å². The normalized spacial score (nSPS) is 11.9. The third-order valence-corrected chi connectivity index (χ3v) is 5.17. The first kappa shape index (κ1) is 22.2. The fourth-order valence-electron chi connectivity index (χ4n) is 3.60. The molecule has 0 aliphatic carbocycles. The van der Waals surface area contributed by atoms with Crippen molar-refractivity contribution >= 4 is 11.6 Å². The van der Waals surface area contributed by atoms with Crippen molar-refractivity contribution in [2.45, 2.75) is 33.0 Å².